The normalized spacial score (nSPS) is 14.2. The lowest BCUT2D eigenvalue weighted by molar-refractivity contribution is -0.384. The molecule has 0 radical (unpaired) electrons. The van der Waals surface area contributed by atoms with E-state index >= 15 is 0 Å². The smallest absolute Gasteiger partial charge is 0.271 e. The van der Waals surface area contributed by atoms with E-state index in [4.69, 9.17) is 0 Å². The zero-order valence-electron chi connectivity index (χ0n) is 11.1. The maximum Gasteiger partial charge on any atom is 0.271 e. The van der Waals surface area contributed by atoms with Crippen LogP contribution in [0.3, 0.4) is 0 Å². The molecule has 104 valence electrons. The van der Waals surface area contributed by atoms with Gasteiger partial charge in [-0.05, 0) is 11.6 Å². The van der Waals surface area contributed by atoms with Crippen LogP contribution in [0.25, 0.3) is 5.57 Å². The van der Waals surface area contributed by atoms with Gasteiger partial charge in [-0.1, -0.05) is 42.5 Å². The lowest BCUT2D eigenvalue weighted by Gasteiger charge is -2.16. The molecule has 0 saturated heterocycles. The summed E-state index contributed by atoms with van der Waals surface area (Å²) in [6.45, 7) is 0.421. The molecule has 0 saturated carbocycles. The summed E-state index contributed by atoms with van der Waals surface area (Å²) in [6.07, 6.45) is 1.84. The van der Waals surface area contributed by atoms with E-state index in [2.05, 4.69) is 0 Å². The van der Waals surface area contributed by atoms with Crippen molar-refractivity contribution >= 4 is 22.9 Å². The third-order valence-electron chi connectivity index (χ3n) is 3.39. The van der Waals surface area contributed by atoms with E-state index in [1.807, 2.05) is 36.4 Å². The molecule has 5 heteroatoms. The molecule has 2 aromatic carbocycles. The van der Waals surface area contributed by atoms with E-state index < -0.39 is 4.92 Å². The fourth-order valence-corrected chi connectivity index (χ4v) is 2.35. The van der Waals surface area contributed by atoms with E-state index in [1.54, 1.807) is 12.1 Å². The van der Waals surface area contributed by atoms with Crippen molar-refractivity contribution in [2.24, 2.45) is 0 Å². The van der Waals surface area contributed by atoms with Gasteiger partial charge in [-0.15, -0.1) is 0 Å². The van der Waals surface area contributed by atoms with E-state index in [-0.39, 0.29) is 11.6 Å². The molecule has 5 nitrogen and oxygen atoms in total. The predicted octanol–water partition coefficient (Wildman–Crippen LogP) is 3.03. The molecular weight excluding hydrogens is 268 g/mol. The average molecular weight is 280 g/mol. The molecule has 0 bridgehead atoms. The highest BCUT2D eigenvalue weighted by molar-refractivity contribution is 6.28. The van der Waals surface area contributed by atoms with Gasteiger partial charge in [0.1, 0.15) is 0 Å². The SMILES string of the molecule is O=C1C(c2ccccc2)=CCN1c1cccc([N+](=O)[O-])c1. The first-order chi connectivity index (χ1) is 10.2. The summed E-state index contributed by atoms with van der Waals surface area (Å²) in [5.41, 5.74) is 2.00. The molecule has 0 atom stereocenters. The van der Waals surface area contributed by atoms with Crippen LogP contribution in [0.4, 0.5) is 11.4 Å². The van der Waals surface area contributed by atoms with Crippen molar-refractivity contribution in [3.05, 3.63) is 76.4 Å². The summed E-state index contributed by atoms with van der Waals surface area (Å²) in [4.78, 5) is 24.4. The van der Waals surface area contributed by atoms with Gasteiger partial charge in [-0.2, -0.15) is 0 Å². The Balaban J connectivity index is 1.89. The Kier molecular flexibility index (Phi) is 3.23. The quantitative estimate of drug-likeness (QED) is 0.641. The van der Waals surface area contributed by atoms with Crippen LogP contribution in [0.2, 0.25) is 0 Å². The highest BCUT2D eigenvalue weighted by Crippen LogP contribution is 2.29. The van der Waals surface area contributed by atoms with Crippen molar-refractivity contribution in [3.8, 4) is 0 Å². The Morgan fingerprint density at radius 3 is 2.52 bits per heavy atom. The van der Waals surface area contributed by atoms with Crippen molar-refractivity contribution < 1.29 is 9.72 Å². The molecule has 1 amide bonds. The summed E-state index contributed by atoms with van der Waals surface area (Å²) in [5, 5.41) is 10.8. The summed E-state index contributed by atoms with van der Waals surface area (Å²) < 4.78 is 0. The Hall–Kier alpha value is -2.95. The van der Waals surface area contributed by atoms with Gasteiger partial charge in [0.2, 0.25) is 0 Å². The van der Waals surface area contributed by atoms with Gasteiger partial charge in [0.05, 0.1) is 10.6 Å². The second-order valence-electron chi connectivity index (χ2n) is 4.68. The van der Waals surface area contributed by atoms with E-state index in [0.717, 1.165) is 5.56 Å². The Bertz CT molecular complexity index is 738. The molecule has 1 aliphatic heterocycles. The molecule has 0 unspecified atom stereocenters. The highest BCUT2D eigenvalue weighted by atomic mass is 16.6. The van der Waals surface area contributed by atoms with Crippen molar-refractivity contribution in [2.45, 2.75) is 0 Å². The van der Waals surface area contributed by atoms with Crippen LogP contribution in [0.15, 0.2) is 60.7 Å². The number of hydrogen-bond donors (Lipinski definition) is 0. The van der Waals surface area contributed by atoms with Crippen molar-refractivity contribution in [1.82, 2.24) is 0 Å². The highest BCUT2D eigenvalue weighted by Gasteiger charge is 2.26. The third kappa shape index (κ3) is 2.41. The largest absolute Gasteiger partial charge is 0.304 e. The van der Waals surface area contributed by atoms with Gasteiger partial charge in [0.25, 0.3) is 11.6 Å². The molecule has 1 aliphatic rings. The lowest BCUT2D eigenvalue weighted by atomic mass is 10.1. The summed E-state index contributed by atoms with van der Waals surface area (Å²) in [5.74, 6) is -0.137. The molecule has 0 N–H and O–H groups in total. The van der Waals surface area contributed by atoms with Crippen LogP contribution in [0.1, 0.15) is 5.56 Å². The number of non-ortho nitro benzene ring substituents is 1. The van der Waals surface area contributed by atoms with Crippen molar-refractivity contribution in [1.29, 1.82) is 0 Å². The summed E-state index contributed by atoms with van der Waals surface area (Å²) in [7, 11) is 0. The number of anilines is 1. The number of nitro groups is 1. The predicted molar refractivity (Wildman–Crippen MR) is 79.9 cm³/mol. The maximum absolute atomic E-state index is 12.5. The van der Waals surface area contributed by atoms with Crippen LogP contribution < -0.4 is 4.90 Å². The topological polar surface area (TPSA) is 63.5 Å². The average Bonchev–Trinajstić information content (AvgIpc) is 2.90. The van der Waals surface area contributed by atoms with Gasteiger partial charge in [-0.3, -0.25) is 14.9 Å². The first-order valence-corrected chi connectivity index (χ1v) is 6.49. The van der Waals surface area contributed by atoms with Crippen LogP contribution in [-0.4, -0.2) is 17.4 Å². The number of carbonyl (C=O) groups excluding carboxylic acids is 1. The van der Waals surface area contributed by atoms with Crippen LogP contribution in [-0.2, 0) is 4.79 Å². The summed E-state index contributed by atoms with van der Waals surface area (Å²) >= 11 is 0. The van der Waals surface area contributed by atoms with Gasteiger partial charge in [0.15, 0.2) is 0 Å². The minimum atomic E-state index is -0.463. The molecule has 0 aromatic heterocycles. The van der Waals surface area contributed by atoms with Crippen LogP contribution in [0, 0.1) is 10.1 Å². The van der Waals surface area contributed by atoms with Gasteiger partial charge in [0, 0.05) is 24.3 Å². The van der Waals surface area contributed by atoms with Gasteiger partial charge >= 0.3 is 0 Å². The van der Waals surface area contributed by atoms with Crippen LogP contribution in [0.5, 0.6) is 0 Å². The first kappa shape index (κ1) is 13.1. The van der Waals surface area contributed by atoms with E-state index in [0.29, 0.717) is 17.8 Å². The fraction of sp³-hybridized carbons (Fsp3) is 0.0625. The molecule has 3 rings (SSSR count). The standard InChI is InChI=1S/C16H12N2O3/c19-16-15(12-5-2-1-3-6-12)9-10-17(16)13-7-4-8-14(11-13)18(20)21/h1-9,11H,10H2. The minimum Gasteiger partial charge on any atom is -0.304 e. The van der Waals surface area contributed by atoms with E-state index in [1.165, 1.54) is 17.0 Å². The molecule has 0 aliphatic carbocycles. The Morgan fingerprint density at radius 2 is 1.81 bits per heavy atom. The number of hydrogen-bond acceptors (Lipinski definition) is 3. The lowest BCUT2D eigenvalue weighted by Crippen LogP contribution is -2.26. The number of rotatable bonds is 3. The van der Waals surface area contributed by atoms with Gasteiger partial charge in [-0.25, -0.2) is 0 Å². The molecule has 0 fully saturated rings. The minimum absolute atomic E-state index is 0.0199. The molecule has 1 heterocycles. The number of amides is 1. The number of benzene rings is 2. The molecule has 21 heavy (non-hydrogen) atoms. The van der Waals surface area contributed by atoms with E-state index in [9.17, 15) is 14.9 Å². The fourth-order valence-electron chi connectivity index (χ4n) is 2.35. The molecule has 2 aromatic rings. The van der Waals surface area contributed by atoms with Gasteiger partial charge < -0.3 is 4.90 Å². The van der Waals surface area contributed by atoms with Crippen molar-refractivity contribution in [2.75, 3.05) is 11.4 Å². The van der Waals surface area contributed by atoms with Crippen molar-refractivity contribution in [3.63, 3.8) is 0 Å². The molecular formula is C16H12N2O3. The molecule has 0 spiro atoms. The maximum atomic E-state index is 12.5. The Labute approximate surface area is 121 Å². The first-order valence-electron chi connectivity index (χ1n) is 6.49. The second kappa shape index (κ2) is 5.20. The number of nitro benzene ring substituents is 1. The Morgan fingerprint density at radius 1 is 1.05 bits per heavy atom. The monoisotopic (exact) mass is 280 g/mol. The zero-order chi connectivity index (χ0) is 14.8. The second-order valence-corrected chi connectivity index (χ2v) is 4.68. The summed E-state index contributed by atoms with van der Waals surface area (Å²) in [6, 6.07) is 15.5. The third-order valence-corrected chi connectivity index (χ3v) is 3.39. The van der Waals surface area contributed by atoms with Crippen LogP contribution >= 0.6 is 0 Å². The zero-order valence-corrected chi connectivity index (χ0v) is 11.1. The number of carbonyl (C=O) groups is 1. The number of nitrogens with zero attached hydrogens (tertiary/aromatic N) is 2.